The Balaban J connectivity index is 2.13. The quantitative estimate of drug-likeness (QED) is 0.928. The molecule has 0 saturated carbocycles. The van der Waals surface area contributed by atoms with Crippen LogP contribution in [0.25, 0.3) is 0 Å². The van der Waals surface area contributed by atoms with Gasteiger partial charge in [0.2, 0.25) is 0 Å². The van der Waals surface area contributed by atoms with E-state index in [-0.39, 0.29) is 11.1 Å². The Morgan fingerprint density at radius 1 is 1.33 bits per heavy atom. The average Bonchev–Trinajstić information content (AvgIpc) is 2.34. The van der Waals surface area contributed by atoms with Crippen molar-refractivity contribution in [2.24, 2.45) is 5.73 Å². The van der Waals surface area contributed by atoms with Crippen molar-refractivity contribution in [1.82, 2.24) is 9.97 Å². The molecule has 2 aromatic rings. The molecule has 0 saturated heterocycles. The Morgan fingerprint density at radius 3 is 2.72 bits per heavy atom. The summed E-state index contributed by atoms with van der Waals surface area (Å²) in [4.78, 5) is 8.36. The van der Waals surface area contributed by atoms with Gasteiger partial charge in [0.25, 0.3) is 0 Å². The van der Waals surface area contributed by atoms with Crippen LogP contribution in [0.1, 0.15) is 23.0 Å². The van der Waals surface area contributed by atoms with Gasteiger partial charge in [-0.3, -0.25) is 9.97 Å². The van der Waals surface area contributed by atoms with Gasteiger partial charge in [-0.05, 0) is 31.0 Å². The Hall–Kier alpha value is -1.52. The zero-order chi connectivity index (χ0) is 13.1. The van der Waals surface area contributed by atoms with Gasteiger partial charge in [0, 0.05) is 6.20 Å². The standard InChI is InChI=1S/C13H13ClFN3/c1-8-6-18-13(7-17-8)12(16)5-9-2-3-11(15)10(14)4-9/h2-4,6-7,12H,5,16H2,1H3. The molecule has 2 rings (SSSR count). The topological polar surface area (TPSA) is 51.8 Å². The van der Waals surface area contributed by atoms with E-state index >= 15 is 0 Å². The van der Waals surface area contributed by atoms with Crippen molar-refractivity contribution in [3.05, 3.63) is 58.4 Å². The predicted molar refractivity (Wildman–Crippen MR) is 68.8 cm³/mol. The monoisotopic (exact) mass is 265 g/mol. The van der Waals surface area contributed by atoms with Gasteiger partial charge in [0.1, 0.15) is 5.82 Å². The molecule has 2 N–H and O–H groups in total. The molecule has 0 fully saturated rings. The molecule has 1 atom stereocenters. The van der Waals surface area contributed by atoms with Crippen LogP contribution in [0.3, 0.4) is 0 Å². The highest BCUT2D eigenvalue weighted by molar-refractivity contribution is 6.30. The highest BCUT2D eigenvalue weighted by atomic mass is 35.5. The van der Waals surface area contributed by atoms with Crippen molar-refractivity contribution in [3.8, 4) is 0 Å². The Bertz CT molecular complexity index is 542. The first-order chi connectivity index (χ1) is 8.56. The summed E-state index contributed by atoms with van der Waals surface area (Å²) >= 11 is 5.72. The summed E-state index contributed by atoms with van der Waals surface area (Å²) in [5.41, 5.74) is 8.45. The summed E-state index contributed by atoms with van der Waals surface area (Å²) in [5.74, 6) is -0.427. The lowest BCUT2D eigenvalue weighted by atomic mass is 10.0. The van der Waals surface area contributed by atoms with Crippen LogP contribution in [0.5, 0.6) is 0 Å². The number of halogens is 2. The Labute approximate surface area is 110 Å². The van der Waals surface area contributed by atoms with Crippen LogP contribution in [-0.4, -0.2) is 9.97 Å². The van der Waals surface area contributed by atoms with E-state index < -0.39 is 5.82 Å². The van der Waals surface area contributed by atoms with E-state index in [0.717, 1.165) is 11.3 Å². The smallest absolute Gasteiger partial charge is 0.141 e. The third-order valence-corrected chi connectivity index (χ3v) is 2.91. The molecule has 3 nitrogen and oxygen atoms in total. The summed E-state index contributed by atoms with van der Waals surface area (Å²) in [6, 6.07) is 4.31. The van der Waals surface area contributed by atoms with E-state index in [2.05, 4.69) is 9.97 Å². The van der Waals surface area contributed by atoms with E-state index in [9.17, 15) is 4.39 Å². The molecule has 0 bridgehead atoms. The molecule has 0 aliphatic carbocycles. The lowest BCUT2D eigenvalue weighted by Gasteiger charge is -2.11. The van der Waals surface area contributed by atoms with E-state index in [1.165, 1.54) is 6.07 Å². The summed E-state index contributed by atoms with van der Waals surface area (Å²) in [7, 11) is 0. The minimum Gasteiger partial charge on any atom is -0.322 e. The minimum absolute atomic E-state index is 0.106. The molecular weight excluding hydrogens is 253 g/mol. The maximum Gasteiger partial charge on any atom is 0.141 e. The van der Waals surface area contributed by atoms with Crippen LogP contribution in [0.2, 0.25) is 5.02 Å². The molecule has 0 spiro atoms. The lowest BCUT2D eigenvalue weighted by Crippen LogP contribution is -2.15. The summed E-state index contributed by atoms with van der Waals surface area (Å²) in [6.07, 6.45) is 3.87. The molecule has 0 aliphatic rings. The molecule has 1 heterocycles. The van der Waals surface area contributed by atoms with Gasteiger partial charge in [-0.1, -0.05) is 17.7 Å². The molecule has 0 aliphatic heterocycles. The third kappa shape index (κ3) is 3.03. The fourth-order valence-corrected chi connectivity index (χ4v) is 1.82. The Morgan fingerprint density at radius 2 is 2.11 bits per heavy atom. The zero-order valence-electron chi connectivity index (χ0n) is 9.90. The average molecular weight is 266 g/mol. The van der Waals surface area contributed by atoms with Crippen LogP contribution in [0.15, 0.2) is 30.6 Å². The van der Waals surface area contributed by atoms with Crippen molar-refractivity contribution in [2.45, 2.75) is 19.4 Å². The highest BCUT2D eigenvalue weighted by Gasteiger charge is 2.10. The molecule has 0 radical (unpaired) electrons. The van der Waals surface area contributed by atoms with Crippen LogP contribution < -0.4 is 5.73 Å². The van der Waals surface area contributed by atoms with E-state index in [1.54, 1.807) is 24.5 Å². The summed E-state index contributed by atoms with van der Waals surface area (Å²) in [6.45, 7) is 1.86. The van der Waals surface area contributed by atoms with Gasteiger partial charge in [0.15, 0.2) is 0 Å². The number of aryl methyl sites for hydroxylation is 1. The number of benzene rings is 1. The fourth-order valence-electron chi connectivity index (χ4n) is 1.62. The third-order valence-electron chi connectivity index (χ3n) is 2.62. The highest BCUT2D eigenvalue weighted by Crippen LogP contribution is 2.19. The maximum atomic E-state index is 13.0. The first-order valence-electron chi connectivity index (χ1n) is 5.54. The number of nitrogens with zero attached hydrogens (tertiary/aromatic N) is 2. The number of rotatable bonds is 3. The molecule has 0 amide bonds. The van der Waals surface area contributed by atoms with Gasteiger partial charge in [0.05, 0.1) is 28.6 Å². The van der Waals surface area contributed by atoms with E-state index in [4.69, 9.17) is 17.3 Å². The van der Waals surface area contributed by atoms with Gasteiger partial charge in [-0.15, -0.1) is 0 Å². The normalized spacial score (nSPS) is 12.4. The van der Waals surface area contributed by atoms with Gasteiger partial charge >= 0.3 is 0 Å². The van der Waals surface area contributed by atoms with Crippen molar-refractivity contribution in [3.63, 3.8) is 0 Å². The van der Waals surface area contributed by atoms with Crippen molar-refractivity contribution < 1.29 is 4.39 Å². The molecule has 5 heteroatoms. The number of aromatic nitrogens is 2. The second kappa shape index (κ2) is 5.42. The number of hydrogen-bond donors (Lipinski definition) is 1. The SMILES string of the molecule is Cc1cnc(C(N)Cc2ccc(F)c(Cl)c2)cn1. The molecule has 94 valence electrons. The van der Waals surface area contributed by atoms with Crippen LogP contribution in [0, 0.1) is 12.7 Å². The first-order valence-corrected chi connectivity index (χ1v) is 5.92. The second-order valence-electron chi connectivity index (χ2n) is 4.14. The molecule has 1 aromatic heterocycles. The van der Waals surface area contributed by atoms with Crippen molar-refractivity contribution >= 4 is 11.6 Å². The van der Waals surface area contributed by atoms with E-state index in [1.807, 2.05) is 6.92 Å². The molecule has 1 unspecified atom stereocenters. The van der Waals surface area contributed by atoms with Gasteiger partial charge in [-0.2, -0.15) is 0 Å². The minimum atomic E-state index is -0.427. The number of hydrogen-bond acceptors (Lipinski definition) is 3. The zero-order valence-corrected chi connectivity index (χ0v) is 10.7. The molecule has 1 aromatic carbocycles. The van der Waals surface area contributed by atoms with Crippen LogP contribution in [-0.2, 0) is 6.42 Å². The van der Waals surface area contributed by atoms with Gasteiger partial charge < -0.3 is 5.73 Å². The van der Waals surface area contributed by atoms with Crippen molar-refractivity contribution in [2.75, 3.05) is 0 Å². The Kier molecular flexibility index (Phi) is 3.89. The predicted octanol–water partition coefficient (Wildman–Crippen LogP) is 2.82. The van der Waals surface area contributed by atoms with E-state index in [0.29, 0.717) is 12.1 Å². The largest absolute Gasteiger partial charge is 0.322 e. The second-order valence-corrected chi connectivity index (χ2v) is 4.55. The molecule has 18 heavy (non-hydrogen) atoms. The fraction of sp³-hybridized carbons (Fsp3) is 0.231. The summed E-state index contributed by atoms with van der Waals surface area (Å²) < 4.78 is 13.0. The van der Waals surface area contributed by atoms with Crippen molar-refractivity contribution in [1.29, 1.82) is 0 Å². The molecular formula is C13H13ClFN3. The maximum absolute atomic E-state index is 13.0. The van der Waals surface area contributed by atoms with Crippen LogP contribution >= 0.6 is 11.6 Å². The lowest BCUT2D eigenvalue weighted by molar-refractivity contribution is 0.625. The van der Waals surface area contributed by atoms with Gasteiger partial charge in [-0.25, -0.2) is 4.39 Å². The summed E-state index contributed by atoms with van der Waals surface area (Å²) in [5, 5.41) is 0.106. The first kappa shape index (κ1) is 12.9. The van der Waals surface area contributed by atoms with Crippen LogP contribution in [0.4, 0.5) is 4.39 Å². The number of nitrogens with two attached hydrogens (primary N) is 1.